The lowest BCUT2D eigenvalue weighted by molar-refractivity contribution is 0.0529. The van der Waals surface area contributed by atoms with Crippen molar-refractivity contribution >= 4 is 43.1 Å². The molecule has 0 saturated carbocycles. The second kappa shape index (κ2) is 3.84. The fourth-order valence-corrected chi connectivity index (χ4v) is 5.46. The predicted molar refractivity (Wildman–Crippen MR) is 73.5 cm³/mol. The van der Waals surface area contributed by atoms with Gasteiger partial charge < -0.3 is 0 Å². The molecule has 0 aromatic carbocycles. The number of phosphoric ester groups is 1. The molecule has 0 spiro atoms. The van der Waals surface area contributed by atoms with Crippen LogP contribution >= 0.6 is 43.1 Å². The molecule has 0 aromatic rings. The number of thioether (sulfide) groups is 3. The van der Waals surface area contributed by atoms with Crippen molar-refractivity contribution < 1.29 is 18.1 Å². The van der Waals surface area contributed by atoms with Crippen molar-refractivity contribution in [2.75, 3.05) is 17.3 Å². The number of hydrogen-bond donors (Lipinski definition) is 0. The van der Waals surface area contributed by atoms with Gasteiger partial charge in [0.15, 0.2) is 0 Å². The molecule has 0 radical (unpaired) electrons. The molecule has 0 bridgehead atoms. The molecule has 0 amide bonds. The van der Waals surface area contributed by atoms with E-state index in [1.807, 2.05) is 20.8 Å². The highest BCUT2D eigenvalue weighted by Crippen LogP contribution is 2.69. The van der Waals surface area contributed by atoms with Crippen molar-refractivity contribution in [3.8, 4) is 0 Å². The highest BCUT2D eigenvalue weighted by molar-refractivity contribution is 8.08. The van der Waals surface area contributed by atoms with E-state index in [4.69, 9.17) is 13.6 Å². The van der Waals surface area contributed by atoms with Crippen LogP contribution in [0.15, 0.2) is 0 Å². The first kappa shape index (κ1) is 13.2. The van der Waals surface area contributed by atoms with Gasteiger partial charge in [-0.3, -0.25) is 13.6 Å². The first-order valence-corrected chi connectivity index (χ1v) is 9.80. The van der Waals surface area contributed by atoms with Crippen LogP contribution in [0.3, 0.4) is 0 Å². The van der Waals surface area contributed by atoms with Gasteiger partial charge in [0.1, 0.15) is 14.8 Å². The summed E-state index contributed by atoms with van der Waals surface area (Å²) in [6.07, 6.45) is 0. The molecule has 8 heteroatoms. The third-order valence-electron chi connectivity index (χ3n) is 2.57. The minimum atomic E-state index is -3.46. The van der Waals surface area contributed by atoms with Crippen molar-refractivity contribution in [3.63, 3.8) is 0 Å². The van der Waals surface area contributed by atoms with Gasteiger partial charge in [0.05, 0.1) is 0 Å². The first-order valence-electron chi connectivity index (χ1n) is 5.38. The lowest BCUT2D eigenvalue weighted by Gasteiger charge is -2.24. The molecule has 3 aliphatic rings. The van der Waals surface area contributed by atoms with Crippen LogP contribution in [0.5, 0.6) is 0 Å². The van der Waals surface area contributed by atoms with Gasteiger partial charge in [-0.1, -0.05) is 0 Å². The summed E-state index contributed by atoms with van der Waals surface area (Å²) < 4.78 is 29.5. The summed E-state index contributed by atoms with van der Waals surface area (Å²) in [4.78, 5) is -1.16. The van der Waals surface area contributed by atoms with Gasteiger partial charge in [-0.15, -0.1) is 35.3 Å². The molecular weight excluding hydrogens is 299 g/mol. The highest BCUT2D eigenvalue weighted by atomic mass is 32.2. The average molecular weight is 314 g/mol. The van der Waals surface area contributed by atoms with Crippen molar-refractivity contribution in [1.82, 2.24) is 0 Å². The molecule has 3 saturated heterocycles. The maximum Gasteiger partial charge on any atom is 0.478 e. The highest BCUT2D eigenvalue weighted by Gasteiger charge is 2.57. The fourth-order valence-electron chi connectivity index (χ4n) is 1.23. The average Bonchev–Trinajstić information content (AvgIpc) is 3.05. The van der Waals surface area contributed by atoms with Crippen LogP contribution in [0, 0.1) is 0 Å². The van der Waals surface area contributed by atoms with Gasteiger partial charge in [-0.05, 0) is 20.8 Å². The quantitative estimate of drug-likeness (QED) is 0.549. The maximum atomic E-state index is 12.7. The number of rotatable bonds is 6. The summed E-state index contributed by atoms with van der Waals surface area (Å²) in [5.74, 6) is 2.53. The Balaban J connectivity index is 1.71. The predicted octanol–water partition coefficient (Wildman–Crippen LogP) is 3.53. The summed E-state index contributed by atoms with van der Waals surface area (Å²) in [6.45, 7) is 5.76. The molecule has 4 nitrogen and oxygen atoms in total. The van der Waals surface area contributed by atoms with Crippen molar-refractivity contribution in [2.45, 2.75) is 35.6 Å². The van der Waals surface area contributed by atoms with E-state index in [-0.39, 0.29) is 14.8 Å². The topological polar surface area (TPSA) is 44.8 Å². The molecule has 17 heavy (non-hydrogen) atoms. The van der Waals surface area contributed by atoms with Crippen molar-refractivity contribution in [2.24, 2.45) is 0 Å². The second-order valence-electron chi connectivity index (χ2n) is 4.99. The molecule has 0 N–H and O–H groups in total. The molecule has 3 heterocycles. The van der Waals surface area contributed by atoms with E-state index >= 15 is 0 Å². The largest absolute Gasteiger partial charge is 0.478 e. The minimum Gasteiger partial charge on any atom is -0.269 e. The number of phosphoric acid groups is 1. The van der Waals surface area contributed by atoms with Gasteiger partial charge in [-0.2, -0.15) is 0 Å². The summed E-state index contributed by atoms with van der Waals surface area (Å²) in [5, 5.41) is 0. The standard InChI is InChI=1S/C9H15O4PS3/c1-7(4-15-7)11-14(10,12-8(2)5-16-8)13-9(3)6-17-9/h4-6H2,1-3H3. The van der Waals surface area contributed by atoms with Crippen LogP contribution in [0.2, 0.25) is 0 Å². The molecule has 98 valence electrons. The van der Waals surface area contributed by atoms with E-state index in [0.717, 1.165) is 17.3 Å². The van der Waals surface area contributed by atoms with Crippen LogP contribution in [-0.4, -0.2) is 32.1 Å². The molecule has 3 fully saturated rings. The lowest BCUT2D eigenvalue weighted by Crippen LogP contribution is -2.19. The molecular formula is C9H15O4PS3. The third-order valence-corrected chi connectivity index (χ3v) is 8.37. The summed E-state index contributed by atoms with van der Waals surface area (Å²) in [6, 6.07) is 0. The van der Waals surface area contributed by atoms with Crippen LogP contribution in [-0.2, 0) is 18.1 Å². The second-order valence-corrected chi connectivity index (χ2v) is 10.8. The van der Waals surface area contributed by atoms with E-state index in [0.29, 0.717) is 0 Å². The number of hydrogen-bond acceptors (Lipinski definition) is 7. The van der Waals surface area contributed by atoms with Gasteiger partial charge in [-0.25, -0.2) is 4.57 Å². The van der Waals surface area contributed by atoms with Crippen LogP contribution < -0.4 is 0 Å². The van der Waals surface area contributed by atoms with Crippen molar-refractivity contribution in [1.29, 1.82) is 0 Å². The van der Waals surface area contributed by atoms with Gasteiger partial charge >= 0.3 is 7.82 Å². The fraction of sp³-hybridized carbons (Fsp3) is 1.00. The Morgan fingerprint density at radius 3 is 1.24 bits per heavy atom. The Morgan fingerprint density at radius 2 is 1.06 bits per heavy atom. The Labute approximate surface area is 114 Å². The zero-order valence-corrected chi connectivity index (χ0v) is 13.3. The Kier molecular flexibility index (Phi) is 2.97. The molecule has 0 aromatic heterocycles. The molecule has 3 unspecified atom stereocenters. The molecule has 3 rings (SSSR count). The Hall–Kier alpha value is 1.16. The van der Waals surface area contributed by atoms with Crippen LogP contribution in [0.1, 0.15) is 20.8 Å². The smallest absolute Gasteiger partial charge is 0.269 e. The van der Waals surface area contributed by atoms with Crippen molar-refractivity contribution in [3.05, 3.63) is 0 Å². The van der Waals surface area contributed by atoms with E-state index < -0.39 is 7.82 Å². The zero-order valence-electron chi connectivity index (χ0n) is 9.93. The Bertz CT molecular complexity index is 333. The summed E-state index contributed by atoms with van der Waals surface area (Å²) in [5.41, 5.74) is 0. The van der Waals surface area contributed by atoms with Gasteiger partial charge in [0.25, 0.3) is 0 Å². The van der Waals surface area contributed by atoms with E-state index in [1.54, 1.807) is 35.3 Å². The first-order chi connectivity index (χ1) is 7.74. The van der Waals surface area contributed by atoms with Crippen LogP contribution in [0.25, 0.3) is 0 Å². The summed E-state index contributed by atoms with van der Waals surface area (Å²) >= 11 is 4.87. The van der Waals surface area contributed by atoms with E-state index in [9.17, 15) is 4.57 Å². The lowest BCUT2D eigenvalue weighted by atomic mass is 10.5. The molecule has 0 aliphatic carbocycles. The van der Waals surface area contributed by atoms with E-state index in [2.05, 4.69) is 0 Å². The normalized spacial score (nSPS) is 50.8. The maximum absolute atomic E-state index is 12.7. The Morgan fingerprint density at radius 1 is 0.824 bits per heavy atom. The zero-order chi connectivity index (χ0) is 12.4. The molecule has 3 atom stereocenters. The van der Waals surface area contributed by atoms with E-state index in [1.165, 1.54) is 0 Å². The minimum absolute atomic E-state index is 0.388. The van der Waals surface area contributed by atoms with Crippen LogP contribution in [0.4, 0.5) is 0 Å². The summed E-state index contributed by atoms with van der Waals surface area (Å²) in [7, 11) is -3.46. The monoisotopic (exact) mass is 314 g/mol. The van der Waals surface area contributed by atoms with Gasteiger partial charge in [0, 0.05) is 17.3 Å². The third kappa shape index (κ3) is 3.38. The molecule has 3 aliphatic heterocycles. The SMILES string of the molecule is CC1(OP(=O)(OC2(C)CS2)OC2(C)CS2)CS1. The van der Waals surface area contributed by atoms with Gasteiger partial charge in [0.2, 0.25) is 0 Å².